The van der Waals surface area contributed by atoms with Crippen LogP contribution in [0.25, 0.3) is 0 Å². The van der Waals surface area contributed by atoms with E-state index in [9.17, 15) is 4.79 Å². The average molecular weight is 406 g/mol. The van der Waals surface area contributed by atoms with Gasteiger partial charge in [-0.25, -0.2) is 0 Å². The highest BCUT2D eigenvalue weighted by atomic mass is 79.9. The van der Waals surface area contributed by atoms with E-state index < -0.39 is 0 Å². The maximum absolute atomic E-state index is 12.7. The summed E-state index contributed by atoms with van der Waals surface area (Å²) in [6.07, 6.45) is 3.21. The zero-order valence-electron chi connectivity index (χ0n) is 12.6. The van der Waals surface area contributed by atoms with Gasteiger partial charge in [-0.1, -0.05) is 57.9 Å². The van der Waals surface area contributed by atoms with Crippen molar-refractivity contribution in [2.75, 3.05) is 0 Å². The van der Waals surface area contributed by atoms with Crippen LogP contribution in [0.15, 0.2) is 65.4 Å². The molecule has 0 radical (unpaired) electrons. The fourth-order valence-electron chi connectivity index (χ4n) is 2.33. The Bertz CT molecular complexity index is 824. The van der Waals surface area contributed by atoms with Crippen LogP contribution in [-0.2, 0) is 6.54 Å². The second-order valence-corrected chi connectivity index (χ2v) is 6.47. The van der Waals surface area contributed by atoms with Crippen LogP contribution in [-0.4, -0.2) is 20.9 Å². The standard InChI is InChI=1S/C17H14BrClN4O/c18-13-6-7-15(19)14(10-13)17(24)22-16(11-23-20-8-9-21-23)12-4-2-1-3-5-12/h1-10,16H,11H2,(H,22,24)/t16-/m0/s1. The maximum atomic E-state index is 12.7. The van der Waals surface area contributed by atoms with Crippen LogP contribution in [0.4, 0.5) is 0 Å². The van der Waals surface area contributed by atoms with Crippen LogP contribution < -0.4 is 5.32 Å². The molecule has 0 saturated carbocycles. The van der Waals surface area contributed by atoms with Gasteiger partial charge in [0.25, 0.3) is 5.91 Å². The summed E-state index contributed by atoms with van der Waals surface area (Å²) in [7, 11) is 0. The summed E-state index contributed by atoms with van der Waals surface area (Å²) in [5.41, 5.74) is 1.38. The normalized spacial score (nSPS) is 11.9. The molecule has 0 spiro atoms. The Balaban J connectivity index is 1.86. The molecule has 1 heterocycles. The van der Waals surface area contributed by atoms with E-state index in [1.807, 2.05) is 30.3 Å². The Labute approximate surface area is 152 Å². The molecule has 3 rings (SSSR count). The van der Waals surface area contributed by atoms with Crippen molar-refractivity contribution in [3.05, 3.63) is 81.5 Å². The van der Waals surface area contributed by atoms with E-state index in [0.717, 1.165) is 10.0 Å². The summed E-state index contributed by atoms with van der Waals surface area (Å²) in [6, 6.07) is 14.6. The third-order valence-electron chi connectivity index (χ3n) is 3.49. The number of aromatic nitrogens is 3. The van der Waals surface area contributed by atoms with Gasteiger partial charge in [-0.3, -0.25) is 4.79 Å². The van der Waals surface area contributed by atoms with Gasteiger partial charge in [0.15, 0.2) is 0 Å². The lowest BCUT2D eigenvalue weighted by Crippen LogP contribution is -2.32. The van der Waals surface area contributed by atoms with E-state index in [4.69, 9.17) is 11.6 Å². The monoisotopic (exact) mass is 404 g/mol. The van der Waals surface area contributed by atoms with Crippen molar-refractivity contribution < 1.29 is 4.79 Å². The summed E-state index contributed by atoms with van der Waals surface area (Å²) in [6.45, 7) is 0.425. The molecule has 0 bridgehead atoms. The summed E-state index contributed by atoms with van der Waals surface area (Å²) in [4.78, 5) is 14.2. The van der Waals surface area contributed by atoms with Gasteiger partial charge in [-0.05, 0) is 23.8 Å². The number of halogens is 2. The molecule has 3 aromatic rings. The fourth-order valence-corrected chi connectivity index (χ4v) is 2.89. The lowest BCUT2D eigenvalue weighted by molar-refractivity contribution is 0.0931. The average Bonchev–Trinajstić information content (AvgIpc) is 3.10. The molecule has 1 atom stereocenters. The van der Waals surface area contributed by atoms with E-state index in [-0.39, 0.29) is 11.9 Å². The van der Waals surface area contributed by atoms with Crippen LogP contribution >= 0.6 is 27.5 Å². The number of hydrogen-bond donors (Lipinski definition) is 1. The highest BCUT2D eigenvalue weighted by molar-refractivity contribution is 9.10. The number of carbonyl (C=O) groups excluding carboxylic acids is 1. The second-order valence-electron chi connectivity index (χ2n) is 5.14. The van der Waals surface area contributed by atoms with E-state index in [1.165, 1.54) is 0 Å². The predicted octanol–water partition coefficient (Wildman–Crippen LogP) is 3.87. The van der Waals surface area contributed by atoms with Gasteiger partial charge < -0.3 is 5.32 Å². The van der Waals surface area contributed by atoms with Gasteiger partial charge in [-0.2, -0.15) is 15.0 Å². The molecule has 0 aliphatic heterocycles. The minimum atomic E-state index is -0.277. The number of benzene rings is 2. The SMILES string of the molecule is O=C(N[C@@H](Cn1nccn1)c1ccccc1)c1cc(Br)ccc1Cl. The molecule has 0 aliphatic rings. The van der Waals surface area contributed by atoms with Gasteiger partial charge >= 0.3 is 0 Å². The molecule has 0 aliphatic carbocycles. The van der Waals surface area contributed by atoms with Gasteiger partial charge in [0, 0.05) is 4.47 Å². The van der Waals surface area contributed by atoms with Crippen molar-refractivity contribution in [3.8, 4) is 0 Å². The molecule has 5 nitrogen and oxygen atoms in total. The molecule has 122 valence electrons. The lowest BCUT2D eigenvalue weighted by atomic mass is 10.1. The van der Waals surface area contributed by atoms with Gasteiger partial charge in [0.05, 0.1) is 35.6 Å². The maximum Gasteiger partial charge on any atom is 0.253 e. The molecule has 24 heavy (non-hydrogen) atoms. The second kappa shape index (κ2) is 7.59. The summed E-state index contributed by atoms with van der Waals surface area (Å²) >= 11 is 9.51. The summed E-state index contributed by atoms with van der Waals surface area (Å²) < 4.78 is 0.794. The number of amides is 1. The number of carbonyl (C=O) groups is 1. The summed E-state index contributed by atoms with van der Waals surface area (Å²) in [5, 5.41) is 11.6. The van der Waals surface area contributed by atoms with Crippen molar-refractivity contribution in [3.63, 3.8) is 0 Å². The lowest BCUT2D eigenvalue weighted by Gasteiger charge is -2.19. The Hall–Kier alpha value is -2.18. The van der Waals surface area contributed by atoms with E-state index >= 15 is 0 Å². The third kappa shape index (κ3) is 4.01. The first kappa shape index (κ1) is 16.7. The fraction of sp³-hybridized carbons (Fsp3) is 0.118. The molecule has 1 N–H and O–H groups in total. The van der Waals surface area contributed by atoms with E-state index in [2.05, 4.69) is 31.4 Å². The first-order valence-corrected chi connectivity index (χ1v) is 8.45. The van der Waals surface area contributed by atoms with Crippen LogP contribution in [0.3, 0.4) is 0 Å². The molecule has 1 amide bonds. The van der Waals surface area contributed by atoms with Crippen LogP contribution in [0, 0.1) is 0 Å². The van der Waals surface area contributed by atoms with Crippen molar-refractivity contribution in [1.82, 2.24) is 20.3 Å². The van der Waals surface area contributed by atoms with Crippen molar-refractivity contribution in [2.45, 2.75) is 12.6 Å². The first-order chi connectivity index (χ1) is 11.6. The molecule has 0 unspecified atom stereocenters. The summed E-state index contributed by atoms with van der Waals surface area (Å²) in [5.74, 6) is -0.248. The molecular formula is C17H14BrClN4O. The number of nitrogens with zero attached hydrogens (tertiary/aromatic N) is 3. The van der Waals surface area contributed by atoms with E-state index in [1.54, 1.807) is 35.4 Å². The Morgan fingerprint density at radius 2 is 1.88 bits per heavy atom. The van der Waals surface area contributed by atoms with Crippen molar-refractivity contribution >= 4 is 33.4 Å². The molecule has 1 aromatic heterocycles. The van der Waals surface area contributed by atoms with Crippen LogP contribution in [0.5, 0.6) is 0 Å². The zero-order valence-corrected chi connectivity index (χ0v) is 14.9. The number of rotatable bonds is 5. The predicted molar refractivity (Wildman–Crippen MR) is 95.8 cm³/mol. The smallest absolute Gasteiger partial charge is 0.253 e. The Morgan fingerprint density at radius 1 is 1.17 bits per heavy atom. The Morgan fingerprint density at radius 3 is 2.58 bits per heavy atom. The third-order valence-corrected chi connectivity index (χ3v) is 4.32. The van der Waals surface area contributed by atoms with Crippen LogP contribution in [0.2, 0.25) is 5.02 Å². The highest BCUT2D eigenvalue weighted by Crippen LogP contribution is 2.22. The molecule has 2 aromatic carbocycles. The molecular weight excluding hydrogens is 392 g/mol. The quantitative estimate of drug-likeness (QED) is 0.701. The highest BCUT2D eigenvalue weighted by Gasteiger charge is 2.19. The molecule has 0 fully saturated rings. The largest absolute Gasteiger partial charge is 0.343 e. The Kier molecular flexibility index (Phi) is 5.27. The molecule has 7 heteroatoms. The van der Waals surface area contributed by atoms with Crippen molar-refractivity contribution in [1.29, 1.82) is 0 Å². The number of nitrogens with one attached hydrogen (secondary N) is 1. The van der Waals surface area contributed by atoms with Crippen LogP contribution in [0.1, 0.15) is 22.0 Å². The van der Waals surface area contributed by atoms with Gasteiger partial charge in [0.1, 0.15) is 0 Å². The number of hydrogen-bond acceptors (Lipinski definition) is 3. The van der Waals surface area contributed by atoms with Gasteiger partial charge in [-0.15, -0.1) is 0 Å². The minimum absolute atomic E-state index is 0.248. The minimum Gasteiger partial charge on any atom is -0.343 e. The molecule has 0 saturated heterocycles. The topological polar surface area (TPSA) is 59.8 Å². The first-order valence-electron chi connectivity index (χ1n) is 7.28. The van der Waals surface area contributed by atoms with Crippen molar-refractivity contribution in [2.24, 2.45) is 0 Å². The van der Waals surface area contributed by atoms with Gasteiger partial charge in [0.2, 0.25) is 0 Å². The van der Waals surface area contributed by atoms with E-state index in [0.29, 0.717) is 17.1 Å². The zero-order chi connectivity index (χ0) is 16.9.